The van der Waals surface area contributed by atoms with E-state index in [0.29, 0.717) is 5.92 Å². The van der Waals surface area contributed by atoms with Crippen molar-refractivity contribution in [2.24, 2.45) is 0 Å². The van der Waals surface area contributed by atoms with Crippen LogP contribution in [-0.4, -0.2) is 10.4 Å². The van der Waals surface area contributed by atoms with Gasteiger partial charge >= 0.3 is 0 Å². The average Bonchev–Trinajstić information content (AvgIpc) is 3.05. The maximum atomic E-state index is 12.4. The summed E-state index contributed by atoms with van der Waals surface area (Å²) in [7, 11) is 0. The Balaban J connectivity index is 0.000000637. The number of carbonyl (C=O) groups excluding carboxylic acids is 1. The Hall–Kier alpha value is -1.83. The fraction of sp³-hybridized carbons (Fsp3) is 0.353. The van der Waals surface area contributed by atoms with Crippen molar-refractivity contribution in [2.75, 3.05) is 0 Å². The second kappa shape index (κ2) is 5.87. The molecule has 1 atom stereocenters. The van der Waals surface area contributed by atoms with Crippen molar-refractivity contribution in [1.82, 2.24) is 4.57 Å². The average molecular weight is 255 g/mol. The van der Waals surface area contributed by atoms with Crippen LogP contribution in [0.25, 0.3) is 0 Å². The van der Waals surface area contributed by atoms with E-state index in [2.05, 4.69) is 17.6 Å². The van der Waals surface area contributed by atoms with Gasteiger partial charge < -0.3 is 4.57 Å². The van der Waals surface area contributed by atoms with Crippen molar-refractivity contribution in [1.29, 1.82) is 0 Å². The van der Waals surface area contributed by atoms with Gasteiger partial charge in [0.25, 0.3) is 0 Å². The number of hydrogen-bond acceptors (Lipinski definition) is 1. The molecule has 0 bridgehead atoms. The van der Waals surface area contributed by atoms with Gasteiger partial charge in [-0.2, -0.15) is 0 Å². The van der Waals surface area contributed by atoms with Gasteiger partial charge in [-0.3, -0.25) is 4.79 Å². The van der Waals surface area contributed by atoms with Crippen molar-refractivity contribution in [2.45, 2.75) is 39.7 Å². The third kappa shape index (κ3) is 2.48. The molecule has 1 aliphatic rings. The van der Waals surface area contributed by atoms with Gasteiger partial charge in [-0.05, 0) is 24.5 Å². The molecule has 3 rings (SSSR count). The second-order valence-corrected chi connectivity index (χ2v) is 4.68. The zero-order valence-corrected chi connectivity index (χ0v) is 11.9. The summed E-state index contributed by atoms with van der Waals surface area (Å²) < 4.78 is 2.17. The van der Waals surface area contributed by atoms with Crippen LogP contribution in [0.5, 0.6) is 0 Å². The molecule has 2 heterocycles. The fourth-order valence-corrected chi connectivity index (χ4v) is 2.57. The molecule has 1 aromatic heterocycles. The number of ketones is 1. The molecule has 0 spiro atoms. The van der Waals surface area contributed by atoms with Crippen LogP contribution >= 0.6 is 0 Å². The topological polar surface area (TPSA) is 22.0 Å². The van der Waals surface area contributed by atoms with Gasteiger partial charge in [-0.15, -0.1) is 0 Å². The van der Waals surface area contributed by atoms with Gasteiger partial charge in [0, 0.05) is 17.8 Å². The Morgan fingerprint density at radius 2 is 1.79 bits per heavy atom. The highest BCUT2D eigenvalue weighted by molar-refractivity contribution is 6.08. The van der Waals surface area contributed by atoms with E-state index in [0.717, 1.165) is 24.2 Å². The van der Waals surface area contributed by atoms with Crippen LogP contribution in [0, 0.1) is 0 Å². The molecule has 1 unspecified atom stereocenters. The molecule has 100 valence electrons. The molecule has 0 amide bonds. The van der Waals surface area contributed by atoms with Crippen LogP contribution in [0.1, 0.15) is 54.9 Å². The van der Waals surface area contributed by atoms with Gasteiger partial charge in [-0.1, -0.05) is 51.1 Å². The molecule has 2 heteroatoms. The fourth-order valence-electron chi connectivity index (χ4n) is 2.57. The Morgan fingerprint density at radius 3 is 2.47 bits per heavy atom. The number of nitrogens with zero attached hydrogens (tertiary/aromatic N) is 1. The number of carbonyl (C=O) groups is 1. The maximum absolute atomic E-state index is 12.4. The lowest BCUT2D eigenvalue weighted by atomic mass is 10.1. The summed E-state index contributed by atoms with van der Waals surface area (Å²) in [4.78, 5) is 12.4. The summed E-state index contributed by atoms with van der Waals surface area (Å²) in [6.45, 7) is 7.19. The molecule has 1 aliphatic heterocycles. The van der Waals surface area contributed by atoms with E-state index in [1.54, 1.807) is 0 Å². The zero-order valence-electron chi connectivity index (χ0n) is 11.9. The number of hydrogen-bond donors (Lipinski definition) is 0. The van der Waals surface area contributed by atoms with Crippen LogP contribution < -0.4 is 0 Å². The highest BCUT2D eigenvalue weighted by Crippen LogP contribution is 2.30. The molecule has 2 nitrogen and oxygen atoms in total. The quantitative estimate of drug-likeness (QED) is 0.735. The predicted octanol–water partition coefficient (Wildman–Crippen LogP) is 4.25. The monoisotopic (exact) mass is 255 g/mol. The maximum Gasteiger partial charge on any atom is 0.209 e. The lowest BCUT2D eigenvalue weighted by Gasteiger charge is -2.05. The van der Waals surface area contributed by atoms with Crippen molar-refractivity contribution in [3.8, 4) is 0 Å². The zero-order chi connectivity index (χ0) is 13.8. The third-order valence-corrected chi connectivity index (χ3v) is 3.57. The summed E-state index contributed by atoms with van der Waals surface area (Å²) in [5.41, 5.74) is 2.90. The Labute approximate surface area is 115 Å². The van der Waals surface area contributed by atoms with E-state index in [4.69, 9.17) is 0 Å². The largest absolute Gasteiger partial charge is 0.342 e. The van der Waals surface area contributed by atoms with Crippen LogP contribution in [0.2, 0.25) is 0 Å². The second-order valence-electron chi connectivity index (χ2n) is 4.68. The van der Waals surface area contributed by atoms with Crippen molar-refractivity contribution in [3.05, 3.63) is 59.4 Å². The first-order chi connectivity index (χ1) is 9.27. The van der Waals surface area contributed by atoms with Gasteiger partial charge in [0.15, 0.2) is 0 Å². The van der Waals surface area contributed by atoms with E-state index in [-0.39, 0.29) is 5.78 Å². The smallest absolute Gasteiger partial charge is 0.209 e. The molecule has 0 aliphatic carbocycles. The number of benzene rings is 1. The normalized spacial score (nSPS) is 16.5. The standard InChI is InChI=1S/C15H15NO.C2H6/c1-11-9-10-16-13(11)7-8-14(16)15(17)12-5-3-2-4-6-12;1-2/h2-8,11H,9-10H2,1H3;1-2H3. The third-order valence-electron chi connectivity index (χ3n) is 3.57. The summed E-state index contributed by atoms with van der Waals surface area (Å²) in [6.07, 6.45) is 1.14. The minimum absolute atomic E-state index is 0.131. The first kappa shape index (κ1) is 13.6. The first-order valence-corrected chi connectivity index (χ1v) is 7.06. The Morgan fingerprint density at radius 1 is 1.11 bits per heavy atom. The SMILES string of the molecule is CC.CC1CCn2c(C(=O)c3ccccc3)ccc21. The van der Waals surface area contributed by atoms with E-state index < -0.39 is 0 Å². The molecular weight excluding hydrogens is 234 g/mol. The van der Waals surface area contributed by atoms with Crippen molar-refractivity contribution >= 4 is 5.78 Å². The number of fused-ring (bicyclic) bond motifs is 1. The van der Waals surface area contributed by atoms with Crippen molar-refractivity contribution < 1.29 is 4.79 Å². The van der Waals surface area contributed by atoms with Crippen LogP contribution in [-0.2, 0) is 6.54 Å². The van der Waals surface area contributed by atoms with Crippen LogP contribution in [0.4, 0.5) is 0 Å². The molecule has 0 radical (unpaired) electrons. The summed E-state index contributed by atoms with van der Waals surface area (Å²) in [5.74, 6) is 0.707. The lowest BCUT2D eigenvalue weighted by molar-refractivity contribution is 0.103. The molecule has 19 heavy (non-hydrogen) atoms. The lowest BCUT2D eigenvalue weighted by Crippen LogP contribution is -2.08. The summed E-state index contributed by atoms with van der Waals surface area (Å²) in [5, 5.41) is 0. The predicted molar refractivity (Wildman–Crippen MR) is 78.7 cm³/mol. The molecule has 2 aromatic rings. The minimum Gasteiger partial charge on any atom is -0.342 e. The van der Waals surface area contributed by atoms with Gasteiger partial charge in [0.05, 0.1) is 5.69 Å². The Kier molecular flexibility index (Phi) is 4.20. The molecule has 0 saturated heterocycles. The van der Waals surface area contributed by atoms with E-state index in [1.807, 2.05) is 50.2 Å². The first-order valence-electron chi connectivity index (χ1n) is 7.06. The van der Waals surface area contributed by atoms with Gasteiger partial charge in [-0.25, -0.2) is 0 Å². The van der Waals surface area contributed by atoms with Gasteiger partial charge in [0.2, 0.25) is 5.78 Å². The molecular formula is C17H21NO. The molecule has 0 saturated carbocycles. The molecule has 1 aromatic carbocycles. The minimum atomic E-state index is 0.131. The summed E-state index contributed by atoms with van der Waals surface area (Å²) >= 11 is 0. The van der Waals surface area contributed by atoms with Crippen LogP contribution in [0.3, 0.4) is 0 Å². The van der Waals surface area contributed by atoms with Crippen LogP contribution in [0.15, 0.2) is 42.5 Å². The number of rotatable bonds is 2. The highest BCUT2D eigenvalue weighted by atomic mass is 16.1. The molecule has 0 N–H and O–H groups in total. The molecule has 0 fully saturated rings. The van der Waals surface area contributed by atoms with E-state index >= 15 is 0 Å². The van der Waals surface area contributed by atoms with Crippen molar-refractivity contribution in [3.63, 3.8) is 0 Å². The highest BCUT2D eigenvalue weighted by Gasteiger charge is 2.23. The van der Waals surface area contributed by atoms with E-state index in [9.17, 15) is 4.79 Å². The Bertz CT molecular complexity index is 554. The van der Waals surface area contributed by atoms with E-state index in [1.165, 1.54) is 5.69 Å². The summed E-state index contributed by atoms with van der Waals surface area (Å²) in [6, 6.07) is 13.5. The number of aromatic nitrogens is 1. The van der Waals surface area contributed by atoms with Gasteiger partial charge in [0.1, 0.15) is 0 Å².